The predicted octanol–water partition coefficient (Wildman–Crippen LogP) is 2.31. The van der Waals surface area contributed by atoms with Gasteiger partial charge in [-0.05, 0) is 36.6 Å². The Morgan fingerprint density at radius 1 is 1.17 bits per heavy atom. The van der Waals surface area contributed by atoms with Gasteiger partial charge in [-0.1, -0.05) is 15.9 Å². The maximum atomic E-state index is 5.86. The Balaban J connectivity index is 1.58. The van der Waals surface area contributed by atoms with Gasteiger partial charge in [-0.25, -0.2) is 0 Å². The van der Waals surface area contributed by atoms with Crippen LogP contribution in [-0.2, 0) is 6.54 Å². The second-order valence-corrected chi connectivity index (χ2v) is 6.25. The topological polar surface area (TPSA) is 32.5 Å². The normalized spacial score (nSPS) is 22.3. The molecule has 2 aliphatic rings. The SMILES string of the molecule is Nc1ccc(Br)c(CN2CCN(C3CC3)CC2)c1. The first-order valence-corrected chi connectivity index (χ1v) is 7.52. The molecule has 98 valence electrons. The van der Waals surface area contributed by atoms with E-state index in [2.05, 4.69) is 31.8 Å². The molecule has 0 spiro atoms. The molecule has 4 heteroatoms. The summed E-state index contributed by atoms with van der Waals surface area (Å²) in [5, 5.41) is 0. The zero-order valence-corrected chi connectivity index (χ0v) is 12.2. The van der Waals surface area contributed by atoms with Crippen LogP contribution in [0.5, 0.6) is 0 Å². The second-order valence-electron chi connectivity index (χ2n) is 5.39. The molecule has 1 aromatic rings. The Kier molecular flexibility index (Phi) is 3.59. The molecule has 0 atom stereocenters. The van der Waals surface area contributed by atoms with Crippen LogP contribution < -0.4 is 5.73 Å². The minimum Gasteiger partial charge on any atom is -0.399 e. The monoisotopic (exact) mass is 309 g/mol. The van der Waals surface area contributed by atoms with Crippen molar-refractivity contribution in [3.8, 4) is 0 Å². The van der Waals surface area contributed by atoms with Gasteiger partial charge in [0.2, 0.25) is 0 Å². The summed E-state index contributed by atoms with van der Waals surface area (Å²) in [4.78, 5) is 5.17. The van der Waals surface area contributed by atoms with Crippen LogP contribution in [0.3, 0.4) is 0 Å². The van der Waals surface area contributed by atoms with Gasteiger partial charge in [0.15, 0.2) is 0 Å². The Morgan fingerprint density at radius 2 is 1.89 bits per heavy atom. The highest BCUT2D eigenvalue weighted by molar-refractivity contribution is 9.10. The Bertz CT molecular complexity index is 423. The molecule has 0 unspecified atom stereocenters. The summed E-state index contributed by atoms with van der Waals surface area (Å²) in [5.41, 5.74) is 8.01. The van der Waals surface area contributed by atoms with Crippen LogP contribution in [0, 0.1) is 0 Å². The van der Waals surface area contributed by atoms with Crippen LogP contribution >= 0.6 is 15.9 Å². The first kappa shape index (κ1) is 12.5. The van der Waals surface area contributed by atoms with Gasteiger partial charge >= 0.3 is 0 Å². The largest absolute Gasteiger partial charge is 0.399 e. The molecule has 1 aliphatic carbocycles. The van der Waals surface area contributed by atoms with E-state index < -0.39 is 0 Å². The van der Waals surface area contributed by atoms with E-state index in [1.54, 1.807) is 0 Å². The first-order valence-electron chi connectivity index (χ1n) is 6.73. The molecule has 0 radical (unpaired) electrons. The highest BCUT2D eigenvalue weighted by atomic mass is 79.9. The third-order valence-electron chi connectivity index (χ3n) is 3.93. The number of piperazine rings is 1. The fourth-order valence-electron chi connectivity index (χ4n) is 2.68. The van der Waals surface area contributed by atoms with Crippen LogP contribution in [-0.4, -0.2) is 42.0 Å². The van der Waals surface area contributed by atoms with Gasteiger partial charge in [0.1, 0.15) is 0 Å². The van der Waals surface area contributed by atoms with Crippen molar-refractivity contribution in [2.45, 2.75) is 25.4 Å². The van der Waals surface area contributed by atoms with Crippen molar-refractivity contribution < 1.29 is 0 Å². The van der Waals surface area contributed by atoms with E-state index in [1.807, 2.05) is 12.1 Å². The summed E-state index contributed by atoms with van der Waals surface area (Å²) in [6.45, 7) is 5.81. The highest BCUT2D eigenvalue weighted by Gasteiger charge is 2.31. The molecule has 18 heavy (non-hydrogen) atoms. The predicted molar refractivity (Wildman–Crippen MR) is 78.4 cm³/mol. The number of anilines is 1. The number of benzene rings is 1. The molecule has 2 fully saturated rings. The minimum absolute atomic E-state index is 0.852. The summed E-state index contributed by atoms with van der Waals surface area (Å²) in [5.74, 6) is 0. The van der Waals surface area contributed by atoms with E-state index in [9.17, 15) is 0 Å². The summed E-state index contributed by atoms with van der Waals surface area (Å²) in [7, 11) is 0. The highest BCUT2D eigenvalue weighted by Crippen LogP contribution is 2.28. The van der Waals surface area contributed by atoms with E-state index in [0.29, 0.717) is 0 Å². The average Bonchev–Trinajstić information content (AvgIpc) is 3.19. The van der Waals surface area contributed by atoms with Gasteiger partial charge in [0.25, 0.3) is 0 Å². The number of hydrogen-bond acceptors (Lipinski definition) is 3. The molecule has 1 aliphatic heterocycles. The van der Waals surface area contributed by atoms with Crippen LogP contribution in [0.1, 0.15) is 18.4 Å². The summed E-state index contributed by atoms with van der Waals surface area (Å²) < 4.78 is 1.17. The minimum atomic E-state index is 0.852. The zero-order chi connectivity index (χ0) is 12.5. The van der Waals surface area contributed by atoms with Crippen molar-refractivity contribution in [1.82, 2.24) is 9.80 Å². The van der Waals surface area contributed by atoms with Gasteiger partial charge in [-0.2, -0.15) is 0 Å². The third-order valence-corrected chi connectivity index (χ3v) is 4.71. The van der Waals surface area contributed by atoms with E-state index in [-0.39, 0.29) is 0 Å². The molecule has 0 amide bonds. The van der Waals surface area contributed by atoms with E-state index >= 15 is 0 Å². The van der Waals surface area contributed by atoms with Crippen molar-refractivity contribution in [2.24, 2.45) is 0 Å². The lowest BCUT2D eigenvalue weighted by atomic mass is 10.1. The molecule has 3 rings (SSSR count). The smallest absolute Gasteiger partial charge is 0.0318 e. The molecule has 1 saturated carbocycles. The van der Waals surface area contributed by atoms with E-state index in [4.69, 9.17) is 5.73 Å². The lowest BCUT2D eigenvalue weighted by Gasteiger charge is -2.35. The van der Waals surface area contributed by atoms with Crippen molar-refractivity contribution >= 4 is 21.6 Å². The van der Waals surface area contributed by atoms with E-state index in [0.717, 1.165) is 18.3 Å². The van der Waals surface area contributed by atoms with Crippen molar-refractivity contribution in [2.75, 3.05) is 31.9 Å². The molecular formula is C14H20BrN3. The van der Waals surface area contributed by atoms with Crippen molar-refractivity contribution in [1.29, 1.82) is 0 Å². The summed E-state index contributed by atoms with van der Waals surface area (Å²) in [6, 6.07) is 6.98. The van der Waals surface area contributed by atoms with Gasteiger partial charge in [0.05, 0.1) is 0 Å². The lowest BCUT2D eigenvalue weighted by molar-refractivity contribution is 0.121. The number of nitrogens with zero attached hydrogens (tertiary/aromatic N) is 2. The lowest BCUT2D eigenvalue weighted by Crippen LogP contribution is -2.46. The maximum absolute atomic E-state index is 5.86. The zero-order valence-electron chi connectivity index (χ0n) is 10.6. The van der Waals surface area contributed by atoms with Gasteiger partial charge in [-0.3, -0.25) is 9.80 Å². The Labute approximate surface area is 117 Å². The average molecular weight is 310 g/mol. The first-order chi connectivity index (χ1) is 8.72. The van der Waals surface area contributed by atoms with E-state index in [1.165, 1.54) is 49.1 Å². The van der Waals surface area contributed by atoms with Crippen LogP contribution in [0.25, 0.3) is 0 Å². The van der Waals surface area contributed by atoms with Crippen LogP contribution in [0.4, 0.5) is 5.69 Å². The van der Waals surface area contributed by atoms with Crippen molar-refractivity contribution in [3.63, 3.8) is 0 Å². The maximum Gasteiger partial charge on any atom is 0.0318 e. The van der Waals surface area contributed by atoms with Gasteiger partial charge in [-0.15, -0.1) is 0 Å². The second kappa shape index (κ2) is 5.19. The molecule has 1 heterocycles. The molecule has 0 bridgehead atoms. The number of nitrogens with two attached hydrogens (primary N) is 1. The summed E-state index contributed by atoms with van der Waals surface area (Å²) in [6.07, 6.45) is 2.83. The molecule has 3 nitrogen and oxygen atoms in total. The summed E-state index contributed by atoms with van der Waals surface area (Å²) >= 11 is 3.61. The fourth-order valence-corrected chi connectivity index (χ4v) is 3.06. The number of nitrogen functional groups attached to an aromatic ring is 1. The van der Waals surface area contributed by atoms with Crippen molar-refractivity contribution in [3.05, 3.63) is 28.2 Å². The number of halogens is 1. The fraction of sp³-hybridized carbons (Fsp3) is 0.571. The molecule has 1 saturated heterocycles. The Morgan fingerprint density at radius 3 is 2.56 bits per heavy atom. The van der Waals surface area contributed by atoms with Gasteiger partial charge in [0, 0.05) is 48.9 Å². The Hall–Kier alpha value is -0.580. The quantitative estimate of drug-likeness (QED) is 0.870. The standard InChI is InChI=1S/C14H20BrN3/c15-14-4-1-12(16)9-11(14)10-17-5-7-18(8-6-17)13-2-3-13/h1,4,9,13H,2-3,5-8,10,16H2. The van der Waals surface area contributed by atoms with Crippen LogP contribution in [0.15, 0.2) is 22.7 Å². The third kappa shape index (κ3) is 2.87. The molecular weight excluding hydrogens is 290 g/mol. The molecule has 1 aromatic carbocycles. The molecule has 2 N–H and O–H groups in total. The molecule has 0 aromatic heterocycles. The van der Waals surface area contributed by atoms with Crippen LogP contribution in [0.2, 0.25) is 0 Å². The number of hydrogen-bond donors (Lipinski definition) is 1. The number of rotatable bonds is 3. The van der Waals surface area contributed by atoms with Gasteiger partial charge < -0.3 is 5.73 Å².